The summed E-state index contributed by atoms with van der Waals surface area (Å²) in [5.74, 6) is 0.609. The summed E-state index contributed by atoms with van der Waals surface area (Å²) in [4.78, 5) is 11.5. The van der Waals surface area contributed by atoms with Gasteiger partial charge in [-0.05, 0) is 59.3 Å². The third kappa shape index (κ3) is 4.12. The summed E-state index contributed by atoms with van der Waals surface area (Å²) in [6.07, 6.45) is 2.36. The Bertz CT molecular complexity index is 251. The van der Waals surface area contributed by atoms with E-state index in [1.807, 2.05) is 34.6 Å². The Morgan fingerprint density at radius 3 is 2.12 bits per heavy atom. The molecule has 0 aliphatic heterocycles. The lowest BCUT2D eigenvalue weighted by Gasteiger charge is -2.42. The molecule has 0 aromatic heterocycles. The van der Waals surface area contributed by atoms with E-state index in [2.05, 4.69) is 0 Å². The van der Waals surface area contributed by atoms with E-state index < -0.39 is 11.2 Å². The summed E-state index contributed by atoms with van der Waals surface area (Å²) in [5, 5.41) is 9.76. The molecule has 3 nitrogen and oxygen atoms in total. The minimum absolute atomic E-state index is 0.119. The SMILES string of the molecule is CC(C)(C)OC(=O)CC1CC(C(C)(C)O)C1. The summed E-state index contributed by atoms with van der Waals surface area (Å²) in [6.45, 7) is 9.31. The van der Waals surface area contributed by atoms with Gasteiger partial charge in [0.2, 0.25) is 0 Å². The minimum atomic E-state index is -0.607. The van der Waals surface area contributed by atoms with Crippen molar-refractivity contribution in [3.8, 4) is 0 Å². The molecule has 0 radical (unpaired) electrons. The van der Waals surface area contributed by atoms with Gasteiger partial charge in [-0.15, -0.1) is 0 Å². The van der Waals surface area contributed by atoms with E-state index in [1.165, 1.54) is 0 Å². The third-order valence-corrected chi connectivity index (χ3v) is 3.11. The van der Waals surface area contributed by atoms with Crippen molar-refractivity contribution in [3.63, 3.8) is 0 Å². The Kier molecular flexibility index (Phi) is 3.68. The lowest BCUT2D eigenvalue weighted by molar-refractivity contribution is -0.158. The van der Waals surface area contributed by atoms with E-state index in [0.717, 1.165) is 12.8 Å². The Labute approximate surface area is 98.2 Å². The maximum absolute atomic E-state index is 11.5. The van der Waals surface area contributed by atoms with Gasteiger partial charge in [0.05, 0.1) is 5.60 Å². The Hall–Kier alpha value is -0.570. The molecule has 0 spiro atoms. The zero-order valence-corrected chi connectivity index (χ0v) is 11.0. The fourth-order valence-corrected chi connectivity index (χ4v) is 2.10. The highest BCUT2D eigenvalue weighted by molar-refractivity contribution is 5.70. The van der Waals surface area contributed by atoms with Gasteiger partial charge >= 0.3 is 5.97 Å². The lowest BCUT2D eigenvalue weighted by Crippen LogP contribution is -2.41. The zero-order valence-electron chi connectivity index (χ0n) is 11.0. The highest BCUT2D eigenvalue weighted by Crippen LogP contribution is 2.42. The fraction of sp³-hybridized carbons (Fsp3) is 0.923. The largest absolute Gasteiger partial charge is 0.460 e. The summed E-state index contributed by atoms with van der Waals surface area (Å²) in [7, 11) is 0. The number of aliphatic hydroxyl groups is 1. The average Bonchev–Trinajstić information content (AvgIpc) is 1.89. The predicted molar refractivity (Wildman–Crippen MR) is 63.0 cm³/mol. The van der Waals surface area contributed by atoms with Gasteiger partial charge in [0.15, 0.2) is 0 Å². The molecule has 94 valence electrons. The van der Waals surface area contributed by atoms with Crippen molar-refractivity contribution >= 4 is 5.97 Å². The molecule has 1 saturated carbocycles. The van der Waals surface area contributed by atoms with Gasteiger partial charge in [0, 0.05) is 6.42 Å². The van der Waals surface area contributed by atoms with Crippen LogP contribution in [0.4, 0.5) is 0 Å². The van der Waals surface area contributed by atoms with Crippen LogP contribution in [0.15, 0.2) is 0 Å². The van der Waals surface area contributed by atoms with Crippen molar-refractivity contribution in [2.24, 2.45) is 11.8 Å². The number of carbonyl (C=O) groups excluding carboxylic acids is 1. The smallest absolute Gasteiger partial charge is 0.306 e. The highest BCUT2D eigenvalue weighted by atomic mass is 16.6. The van der Waals surface area contributed by atoms with Crippen molar-refractivity contribution in [3.05, 3.63) is 0 Å². The van der Waals surface area contributed by atoms with Crippen LogP contribution in [0.1, 0.15) is 53.9 Å². The highest BCUT2D eigenvalue weighted by Gasteiger charge is 2.39. The van der Waals surface area contributed by atoms with Crippen LogP contribution in [0, 0.1) is 11.8 Å². The van der Waals surface area contributed by atoms with E-state index in [1.54, 1.807) is 0 Å². The van der Waals surface area contributed by atoms with Crippen molar-refractivity contribution in [1.82, 2.24) is 0 Å². The molecule has 3 heteroatoms. The second-order valence-corrected chi connectivity index (χ2v) is 6.48. The maximum atomic E-state index is 11.5. The predicted octanol–water partition coefficient (Wildman–Crippen LogP) is 2.52. The molecule has 0 amide bonds. The van der Waals surface area contributed by atoms with Crippen LogP contribution < -0.4 is 0 Å². The molecule has 0 bridgehead atoms. The molecule has 1 fully saturated rings. The molecule has 0 heterocycles. The van der Waals surface area contributed by atoms with Gasteiger partial charge in [-0.2, -0.15) is 0 Å². The van der Waals surface area contributed by atoms with Crippen LogP contribution >= 0.6 is 0 Å². The van der Waals surface area contributed by atoms with E-state index in [4.69, 9.17) is 4.74 Å². The minimum Gasteiger partial charge on any atom is -0.460 e. The fourth-order valence-electron chi connectivity index (χ4n) is 2.10. The van der Waals surface area contributed by atoms with Crippen molar-refractivity contribution in [1.29, 1.82) is 0 Å². The summed E-state index contributed by atoms with van der Waals surface area (Å²) >= 11 is 0. The van der Waals surface area contributed by atoms with Gasteiger partial charge in [-0.25, -0.2) is 0 Å². The lowest BCUT2D eigenvalue weighted by atomic mass is 9.66. The number of hydrogen-bond donors (Lipinski definition) is 1. The standard InChI is InChI=1S/C13H24O3/c1-12(2,3)16-11(14)8-9-6-10(7-9)13(4,5)15/h9-10,15H,6-8H2,1-5H3. The number of carbonyl (C=O) groups is 1. The van der Waals surface area contributed by atoms with Gasteiger partial charge < -0.3 is 9.84 Å². The molecular formula is C13H24O3. The van der Waals surface area contributed by atoms with Crippen LogP contribution in [0.25, 0.3) is 0 Å². The maximum Gasteiger partial charge on any atom is 0.306 e. The normalized spacial score (nSPS) is 26.1. The number of hydrogen-bond acceptors (Lipinski definition) is 3. The Morgan fingerprint density at radius 2 is 1.75 bits per heavy atom. The molecule has 0 saturated heterocycles. The molecular weight excluding hydrogens is 204 g/mol. The first-order chi connectivity index (χ1) is 7.08. The first-order valence-electron chi connectivity index (χ1n) is 6.02. The van der Waals surface area contributed by atoms with Crippen LogP contribution in [0.2, 0.25) is 0 Å². The molecule has 1 aliphatic rings. The summed E-state index contributed by atoms with van der Waals surface area (Å²) in [5.41, 5.74) is -0.999. The molecule has 0 aromatic carbocycles. The molecule has 1 aliphatic carbocycles. The summed E-state index contributed by atoms with van der Waals surface area (Å²) in [6, 6.07) is 0. The van der Waals surface area contributed by atoms with Crippen molar-refractivity contribution in [2.45, 2.75) is 65.1 Å². The molecule has 0 atom stereocenters. The first kappa shape index (κ1) is 13.5. The molecule has 16 heavy (non-hydrogen) atoms. The zero-order chi connectivity index (χ0) is 12.6. The van der Waals surface area contributed by atoms with Crippen molar-refractivity contribution < 1.29 is 14.6 Å². The summed E-state index contributed by atoms with van der Waals surface area (Å²) < 4.78 is 5.26. The molecule has 0 unspecified atom stereocenters. The van der Waals surface area contributed by atoms with E-state index in [-0.39, 0.29) is 5.97 Å². The average molecular weight is 228 g/mol. The van der Waals surface area contributed by atoms with E-state index in [0.29, 0.717) is 18.3 Å². The third-order valence-electron chi connectivity index (χ3n) is 3.11. The van der Waals surface area contributed by atoms with Crippen LogP contribution in [0.3, 0.4) is 0 Å². The van der Waals surface area contributed by atoms with Crippen molar-refractivity contribution in [2.75, 3.05) is 0 Å². The van der Waals surface area contributed by atoms with E-state index >= 15 is 0 Å². The number of esters is 1. The Balaban J connectivity index is 2.25. The van der Waals surface area contributed by atoms with E-state index in [9.17, 15) is 9.90 Å². The number of rotatable bonds is 3. The van der Waals surface area contributed by atoms with Crippen LogP contribution in [-0.2, 0) is 9.53 Å². The molecule has 1 N–H and O–H groups in total. The molecule has 1 rings (SSSR count). The van der Waals surface area contributed by atoms with Gasteiger partial charge in [0.1, 0.15) is 5.60 Å². The van der Waals surface area contributed by atoms with Crippen LogP contribution in [0.5, 0.6) is 0 Å². The monoisotopic (exact) mass is 228 g/mol. The first-order valence-corrected chi connectivity index (χ1v) is 6.02. The topological polar surface area (TPSA) is 46.5 Å². The van der Waals surface area contributed by atoms with Crippen LogP contribution in [-0.4, -0.2) is 22.3 Å². The van der Waals surface area contributed by atoms with Gasteiger partial charge in [-0.1, -0.05) is 0 Å². The second-order valence-electron chi connectivity index (χ2n) is 6.48. The van der Waals surface area contributed by atoms with Gasteiger partial charge in [-0.3, -0.25) is 4.79 Å². The number of ether oxygens (including phenoxy) is 1. The quantitative estimate of drug-likeness (QED) is 0.755. The molecule has 0 aromatic rings. The Morgan fingerprint density at radius 1 is 1.25 bits per heavy atom. The second kappa shape index (κ2) is 4.36. The van der Waals surface area contributed by atoms with Gasteiger partial charge in [0.25, 0.3) is 0 Å².